The minimum atomic E-state index is -0.309. The Kier molecular flexibility index (Phi) is 5.65. The van der Waals surface area contributed by atoms with Crippen molar-refractivity contribution < 1.29 is 18.7 Å². The van der Waals surface area contributed by atoms with Crippen molar-refractivity contribution in [3.63, 3.8) is 0 Å². The Morgan fingerprint density at radius 2 is 1.38 bits per heavy atom. The lowest BCUT2D eigenvalue weighted by Gasteiger charge is -2.30. The quantitative estimate of drug-likeness (QED) is 0.416. The number of hydrogen-bond acceptors (Lipinski definition) is 2. The van der Waals surface area contributed by atoms with Crippen molar-refractivity contribution in [3.8, 4) is 5.75 Å². The van der Waals surface area contributed by atoms with Crippen LogP contribution in [0.25, 0.3) is 16.5 Å². The smallest absolute Gasteiger partial charge is 0.270 e. The molecule has 172 valence electrons. The monoisotopic (exact) mass is 458 g/mol. The molecule has 1 aliphatic rings. The lowest BCUT2D eigenvalue weighted by molar-refractivity contribution is 0.0734. The number of rotatable bonds is 3. The third-order valence-corrected chi connectivity index (χ3v) is 6.52. The summed E-state index contributed by atoms with van der Waals surface area (Å²) in [6.45, 7) is 1.10. The number of carbonyl (C=O) groups is 1. The number of piperidine rings is 1. The minimum absolute atomic E-state index is 0.0534. The highest BCUT2D eigenvalue weighted by molar-refractivity contribution is 5.99. The van der Waals surface area contributed by atoms with Gasteiger partial charge in [0.25, 0.3) is 5.91 Å². The van der Waals surface area contributed by atoms with Crippen molar-refractivity contribution in [2.45, 2.75) is 12.8 Å². The Labute approximate surface area is 196 Å². The number of aromatic hydroxyl groups is 1. The fourth-order valence-corrected chi connectivity index (χ4v) is 4.74. The predicted molar refractivity (Wildman–Crippen MR) is 129 cm³/mol. The first-order chi connectivity index (χ1) is 16.4. The van der Waals surface area contributed by atoms with E-state index in [1.807, 2.05) is 22.6 Å². The van der Waals surface area contributed by atoms with Crippen molar-refractivity contribution in [2.75, 3.05) is 13.1 Å². The number of hydrogen-bond donors (Lipinski definition) is 1. The second-order valence-electron chi connectivity index (χ2n) is 8.62. The predicted octanol–water partition coefficient (Wildman–Crippen LogP) is 5.90. The Morgan fingerprint density at radius 1 is 0.824 bits per heavy atom. The number of aromatic nitrogens is 1. The van der Waals surface area contributed by atoms with Crippen molar-refractivity contribution in [1.82, 2.24) is 9.47 Å². The molecule has 0 bridgehead atoms. The normalized spacial score (nSPS) is 14.0. The Morgan fingerprint density at radius 3 is 1.94 bits per heavy atom. The highest BCUT2D eigenvalue weighted by atomic mass is 19.1. The van der Waals surface area contributed by atoms with Gasteiger partial charge < -0.3 is 14.6 Å². The molecule has 5 rings (SSSR count). The first kappa shape index (κ1) is 21.9. The molecule has 6 heteroatoms. The van der Waals surface area contributed by atoms with Gasteiger partial charge in [-0.2, -0.15) is 0 Å². The van der Waals surface area contributed by atoms with Crippen LogP contribution in [0.4, 0.5) is 8.78 Å². The standard InChI is InChI=1S/C28H24F2N2O2/c1-31-25-11-10-24(33)16-21(25)17-26(31)28(34)32-14-12-20(13-15-32)27(18-2-6-22(29)7-3-18)19-4-8-23(30)9-5-19/h2-11,16-17,33H,12-15H2,1H3. The topological polar surface area (TPSA) is 45.5 Å². The third-order valence-electron chi connectivity index (χ3n) is 6.52. The molecule has 0 atom stereocenters. The van der Waals surface area contributed by atoms with Gasteiger partial charge in [-0.15, -0.1) is 0 Å². The minimum Gasteiger partial charge on any atom is -0.508 e. The number of fused-ring (bicyclic) bond motifs is 1. The van der Waals surface area contributed by atoms with Gasteiger partial charge in [-0.3, -0.25) is 4.79 Å². The second-order valence-corrected chi connectivity index (χ2v) is 8.62. The molecule has 0 spiro atoms. The SMILES string of the molecule is Cn1c(C(=O)N2CCC(=C(c3ccc(F)cc3)c3ccc(F)cc3)CC2)cc2cc(O)ccc21. The fourth-order valence-electron chi connectivity index (χ4n) is 4.74. The molecule has 34 heavy (non-hydrogen) atoms. The van der Waals surface area contributed by atoms with E-state index in [4.69, 9.17) is 0 Å². The van der Waals surface area contributed by atoms with E-state index in [1.165, 1.54) is 24.3 Å². The van der Waals surface area contributed by atoms with E-state index in [0.29, 0.717) is 31.6 Å². The first-order valence-corrected chi connectivity index (χ1v) is 11.2. The van der Waals surface area contributed by atoms with Crippen LogP contribution in [0.1, 0.15) is 34.5 Å². The Bertz CT molecular complexity index is 1350. The number of aryl methyl sites for hydroxylation is 1. The van der Waals surface area contributed by atoms with Crippen molar-refractivity contribution in [2.24, 2.45) is 7.05 Å². The maximum absolute atomic E-state index is 13.6. The molecule has 1 aliphatic heterocycles. The van der Waals surface area contributed by atoms with Gasteiger partial charge in [-0.05, 0) is 78.1 Å². The van der Waals surface area contributed by atoms with Gasteiger partial charge in [0.15, 0.2) is 0 Å². The molecule has 1 N–H and O–H groups in total. The van der Waals surface area contributed by atoms with Crippen LogP contribution < -0.4 is 0 Å². The lowest BCUT2D eigenvalue weighted by Crippen LogP contribution is -2.37. The van der Waals surface area contributed by atoms with Gasteiger partial charge in [-0.1, -0.05) is 29.8 Å². The van der Waals surface area contributed by atoms with Gasteiger partial charge in [0.05, 0.1) is 0 Å². The summed E-state index contributed by atoms with van der Waals surface area (Å²) in [4.78, 5) is 15.1. The van der Waals surface area contributed by atoms with Crippen LogP contribution in [0.15, 0.2) is 78.4 Å². The average molecular weight is 459 g/mol. The molecular weight excluding hydrogens is 434 g/mol. The molecule has 0 unspecified atom stereocenters. The number of amides is 1. The molecule has 1 fully saturated rings. The molecule has 1 aromatic heterocycles. The number of phenols is 1. The first-order valence-electron chi connectivity index (χ1n) is 11.2. The number of benzene rings is 3. The van der Waals surface area contributed by atoms with Gasteiger partial charge in [0.1, 0.15) is 23.1 Å². The summed E-state index contributed by atoms with van der Waals surface area (Å²) in [7, 11) is 1.85. The van der Waals surface area contributed by atoms with E-state index in [-0.39, 0.29) is 23.3 Å². The largest absolute Gasteiger partial charge is 0.508 e. The molecule has 3 aromatic carbocycles. The van der Waals surface area contributed by atoms with Crippen LogP contribution in [0.5, 0.6) is 5.75 Å². The van der Waals surface area contributed by atoms with E-state index in [0.717, 1.165) is 33.2 Å². The lowest BCUT2D eigenvalue weighted by atomic mass is 9.88. The van der Waals surface area contributed by atoms with Crippen LogP contribution in [-0.2, 0) is 7.05 Å². The summed E-state index contributed by atoms with van der Waals surface area (Å²) < 4.78 is 29.0. The molecule has 4 nitrogen and oxygen atoms in total. The molecular formula is C28H24F2N2O2. The van der Waals surface area contributed by atoms with Gasteiger partial charge in [0, 0.05) is 31.0 Å². The number of carbonyl (C=O) groups excluding carboxylic acids is 1. The summed E-state index contributed by atoms with van der Waals surface area (Å²) in [6.07, 6.45) is 1.33. The maximum atomic E-state index is 13.6. The zero-order valence-electron chi connectivity index (χ0n) is 18.8. The van der Waals surface area contributed by atoms with E-state index in [9.17, 15) is 18.7 Å². The van der Waals surface area contributed by atoms with Crippen molar-refractivity contribution >= 4 is 22.4 Å². The zero-order chi connectivity index (χ0) is 23.8. The molecule has 4 aromatic rings. The second kappa shape index (κ2) is 8.78. The summed E-state index contributed by atoms with van der Waals surface area (Å²) in [5.74, 6) is -0.506. The molecule has 0 radical (unpaired) electrons. The summed E-state index contributed by atoms with van der Waals surface area (Å²) >= 11 is 0. The van der Waals surface area contributed by atoms with Crippen LogP contribution >= 0.6 is 0 Å². The van der Waals surface area contributed by atoms with E-state index >= 15 is 0 Å². The third kappa shape index (κ3) is 4.07. The number of phenolic OH excluding ortho intramolecular Hbond substituents is 1. The summed E-state index contributed by atoms with van der Waals surface area (Å²) in [5.41, 5.74) is 5.32. The average Bonchev–Trinajstić information content (AvgIpc) is 3.17. The van der Waals surface area contributed by atoms with Gasteiger partial charge in [0.2, 0.25) is 0 Å². The number of halogens is 2. The number of likely N-dealkylation sites (tertiary alicyclic amines) is 1. The van der Waals surface area contributed by atoms with Gasteiger partial charge in [-0.25, -0.2) is 8.78 Å². The zero-order valence-corrected chi connectivity index (χ0v) is 18.8. The van der Waals surface area contributed by atoms with Crippen LogP contribution in [0.3, 0.4) is 0 Å². The van der Waals surface area contributed by atoms with Crippen LogP contribution in [0.2, 0.25) is 0 Å². The molecule has 0 aliphatic carbocycles. The van der Waals surface area contributed by atoms with Crippen molar-refractivity contribution in [1.29, 1.82) is 0 Å². The Hall–Kier alpha value is -3.93. The highest BCUT2D eigenvalue weighted by Crippen LogP contribution is 2.33. The van der Waals surface area contributed by atoms with Crippen LogP contribution in [-0.4, -0.2) is 33.6 Å². The molecule has 1 saturated heterocycles. The summed E-state index contributed by atoms with van der Waals surface area (Å²) in [6, 6.07) is 19.5. The number of nitrogens with zero attached hydrogens (tertiary/aromatic N) is 2. The molecule has 2 heterocycles. The van der Waals surface area contributed by atoms with Gasteiger partial charge >= 0.3 is 0 Å². The maximum Gasteiger partial charge on any atom is 0.270 e. The van der Waals surface area contributed by atoms with E-state index in [2.05, 4.69) is 0 Å². The van der Waals surface area contributed by atoms with Crippen molar-refractivity contribution in [3.05, 3.63) is 107 Å². The Balaban J connectivity index is 1.44. The fraction of sp³-hybridized carbons (Fsp3) is 0.179. The summed E-state index contributed by atoms with van der Waals surface area (Å²) in [5, 5.41) is 10.6. The van der Waals surface area contributed by atoms with E-state index < -0.39 is 0 Å². The van der Waals surface area contributed by atoms with E-state index in [1.54, 1.807) is 42.5 Å². The molecule has 0 saturated carbocycles. The molecule has 1 amide bonds. The van der Waals surface area contributed by atoms with Crippen LogP contribution in [0, 0.1) is 11.6 Å². The highest BCUT2D eigenvalue weighted by Gasteiger charge is 2.25.